The molecule has 1 spiro atoms. The Kier molecular flexibility index (Phi) is 5.40. The van der Waals surface area contributed by atoms with Gasteiger partial charge in [0.1, 0.15) is 23.8 Å². The van der Waals surface area contributed by atoms with Crippen LogP contribution in [0.4, 0.5) is 0 Å². The molecule has 3 saturated heterocycles. The second-order valence-electron chi connectivity index (χ2n) is 9.24. The number of fused-ring (bicyclic) bond motifs is 2. The summed E-state index contributed by atoms with van der Waals surface area (Å²) in [7, 11) is 0. The molecule has 1 aromatic heterocycles. The van der Waals surface area contributed by atoms with Gasteiger partial charge in [-0.1, -0.05) is 23.4 Å². The smallest absolute Gasteiger partial charge is 0.310 e. The fourth-order valence-corrected chi connectivity index (χ4v) is 5.94. The normalized spacial score (nSPS) is 30.5. The largest absolute Gasteiger partial charge is 0.481 e. The van der Waals surface area contributed by atoms with Crippen molar-refractivity contribution in [2.24, 2.45) is 11.8 Å². The van der Waals surface area contributed by atoms with Crippen LogP contribution in [-0.2, 0) is 25.8 Å². The molecule has 0 saturated carbocycles. The Hall–Kier alpha value is -3.31. The van der Waals surface area contributed by atoms with Gasteiger partial charge in [0.05, 0.1) is 36.1 Å². The number of hydrogen-bond donors (Lipinski definition) is 2. The van der Waals surface area contributed by atoms with Gasteiger partial charge < -0.3 is 24.7 Å². The van der Waals surface area contributed by atoms with E-state index in [2.05, 4.69) is 16.9 Å². The monoisotopic (exact) mass is 469 g/mol. The van der Waals surface area contributed by atoms with Gasteiger partial charge in [-0.3, -0.25) is 14.4 Å². The number of likely N-dealkylation sites (tertiary alicyclic amines) is 1. The van der Waals surface area contributed by atoms with Crippen molar-refractivity contribution in [2.45, 2.75) is 50.2 Å². The quantitative estimate of drug-likeness (QED) is 0.525. The van der Waals surface area contributed by atoms with E-state index in [4.69, 9.17) is 4.74 Å². The average molecular weight is 469 g/mol. The number of aliphatic hydroxyl groups is 1. The zero-order chi connectivity index (χ0) is 24.2. The number of benzene rings is 1. The Morgan fingerprint density at radius 3 is 2.88 bits per heavy atom. The Balaban J connectivity index is 1.54. The number of nitrogens with zero attached hydrogens (tertiary/aromatic N) is 5. The highest BCUT2D eigenvalue weighted by Gasteiger charge is 2.75. The van der Waals surface area contributed by atoms with Gasteiger partial charge in [-0.05, 0) is 31.9 Å². The highest BCUT2D eigenvalue weighted by Crippen LogP contribution is 2.58. The molecule has 3 aliphatic heterocycles. The third-order valence-corrected chi connectivity index (χ3v) is 7.38. The van der Waals surface area contributed by atoms with E-state index < -0.39 is 53.4 Å². The number of carbonyl (C=O) groups is 3. The van der Waals surface area contributed by atoms with Crippen LogP contribution >= 0.6 is 0 Å². The SMILES string of the molecule is C=CCN(Cn1nnc2ccccc21)C(=O)[C@@H]1N([C@H](C)CO)C(=O)[C@H]2[C@H](C(=O)O)[C@@H]3CC[C@]12O3. The van der Waals surface area contributed by atoms with Gasteiger partial charge in [0.2, 0.25) is 11.8 Å². The van der Waals surface area contributed by atoms with Gasteiger partial charge in [-0.25, -0.2) is 4.68 Å². The molecule has 1 aromatic carbocycles. The summed E-state index contributed by atoms with van der Waals surface area (Å²) in [5.74, 6) is -3.95. The van der Waals surface area contributed by atoms with E-state index in [0.717, 1.165) is 5.52 Å². The fourth-order valence-electron chi connectivity index (χ4n) is 5.94. The van der Waals surface area contributed by atoms with Gasteiger partial charge >= 0.3 is 5.97 Å². The molecule has 2 N–H and O–H groups in total. The molecule has 2 aromatic rings. The molecule has 2 bridgehead atoms. The van der Waals surface area contributed by atoms with Crippen LogP contribution in [0.25, 0.3) is 11.0 Å². The van der Waals surface area contributed by atoms with Gasteiger partial charge in [0, 0.05) is 6.54 Å². The first-order chi connectivity index (χ1) is 16.3. The molecule has 0 aliphatic carbocycles. The minimum atomic E-state index is -1.24. The number of carboxylic acids is 1. The Labute approximate surface area is 195 Å². The maximum Gasteiger partial charge on any atom is 0.310 e. The molecule has 2 amide bonds. The molecule has 34 heavy (non-hydrogen) atoms. The average Bonchev–Trinajstić information content (AvgIpc) is 3.57. The number of para-hydroxylation sites is 1. The van der Waals surface area contributed by atoms with E-state index in [0.29, 0.717) is 18.4 Å². The number of aromatic nitrogens is 3. The molecule has 4 heterocycles. The van der Waals surface area contributed by atoms with E-state index in [-0.39, 0.29) is 19.8 Å². The first-order valence-corrected chi connectivity index (χ1v) is 11.4. The number of carboxylic acid groups (broad SMARTS) is 1. The molecule has 11 nitrogen and oxygen atoms in total. The van der Waals surface area contributed by atoms with Crippen molar-refractivity contribution < 1.29 is 29.3 Å². The number of hydrogen-bond acceptors (Lipinski definition) is 7. The van der Waals surface area contributed by atoms with E-state index in [1.165, 1.54) is 9.80 Å². The molecule has 3 aliphatic rings. The molecule has 0 radical (unpaired) electrons. The number of rotatable bonds is 8. The van der Waals surface area contributed by atoms with Crippen molar-refractivity contribution >= 4 is 28.8 Å². The van der Waals surface area contributed by atoms with Gasteiger partial charge in [-0.2, -0.15) is 0 Å². The van der Waals surface area contributed by atoms with Crippen LogP contribution in [0.2, 0.25) is 0 Å². The number of aliphatic carboxylic acids is 1. The molecule has 0 unspecified atom stereocenters. The summed E-state index contributed by atoms with van der Waals surface area (Å²) >= 11 is 0. The molecular weight excluding hydrogens is 442 g/mol. The number of aliphatic hydroxyl groups excluding tert-OH is 1. The second kappa shape index (κ2) is 8.17. The van der Waals surface area contributed by atoms with E-state index in [9.17, 15) is 24.6 Å². The van der Waals surface area contributed by atoms with E-state index in [1.807, 2.05) is 24.3 Å². The summed E-state index contributed by atoms with van der Waals surface area (Å²) in [6.07, 6.45) is 1.83. The van der Waals surface area contributed by atoms with Crippen molar-refractivity contribution in [1.29, 1.82) is 0 Å². The highest BCUT2D eigenvalue weighted by atomic mass is 16.5. The van der Waals surface area contributed by atoms with Crippen LogP contribution in [0.15, 0.2) is 36.9 Å². The van der Waals surface area contributed by atoms with Crippen LogP contribution < -0.4 is 0 Å². The summed E-state index contributed by atoms with van der Waals surface area (Å²) in [6.45, 7) is 5.27. The maximum atomic E-state index is 14.1. The summed E-state index contributed by atoms with van der Waals surface area (Å²) in [4.78, 5) is 42.5. The van der Waals surface area contributed by atoms with Crippen LogP contribution in [0.3, 0.4) is 0 Å². The van der Waals surface area contributed by atoms with Gasteiger partial charge in [0.25, 0.3) is 0 Å². The first kappa shape index (κ1) is 22.5. The topological polar surface area (TPSA) is 138 Å². The third kappa shape index (κ3) is 3.07. The molecule has 11 heteroatoms. The Morgan fingerprint density at radius 2 is 2.18 bits per heavy atom. The molecular formula is C23H27N5O6. The van der Waals surface area contributed by atoms with Gasteiger partial charge in [-0.15, -0.1) is 11.7 Å². The Bertz CT molecular complexity index is 1170. The van der Waals surface area contributed by atoms with Crippen molar-refractivity contribution in [3.05, 3.63) is 36.9 Å². The maximum absolute atomic E-state index is 14.1. The van der Waals surface area contributed by atoms with Crippen molar-refractivity contribution in [3.8, 4) is 0 Å². The van der Waals surface area contributed by atoms with Gasteiger partial charge in [0.15, 0.2) is 0 Å². The highest BCUT2D eigenvalue weighted by molar-refractivity contribution is 5.98. The van der Waals surface area contributed by atoms with Crippen LogP contribution in [-0.4, -0.2) is 89.7 Å². The van der Waals surface area contributed by atoms with Crippen molar-refractivity contribution in [2.75, 3.05) is 13.2 Å². The Morgan fingerprint density at radius 1 is 1.41 bits per heavy atom. The molecule has 5 rings (SSSR count). The minimum Gasteiger partial charge on any atom is -0.481 e. The van der Waals surface area contributed by atoms with Crippen LogP contribution in [0.1, 0.15) is 19.8 Å². The van der Waals surface area contributed by atoms with E-state index >= 15 is 0 Å². The predicted octanol–water partition coefficient (Wildman–Crippen LogP) is 0.243. The molecule has 180 valence electrons. The second-order valence-corrected chi connectivity index (χ2v) is 9.24. The summed E-state index contributed by atoms with van der Waals surface area (Å²) in [5.41, 5.74) is 0.183. The lowest BCUT2D eigenvalue weighted by Gasteiger charge is -2.38. The van der Waals surface area contributed by atoms with Crippen molar-refractivity contribution in [1.82, 2.24) is 24.8 Å². The molecule has 6 atom stereocenters. The predicted molar refractivity (Wildman–Crippen MR) is 118 cm³/mol. The summed E-state index contributed by atoms with van der Waals surface area (Å²) in [6, 6.07) is 5.62. The summed E-state index contributed by atoms with van der Waals surface area (Å²) < 4.78 is 7.78. The lowest BCUT2D eigenvalue weighted by Crippen LogP contribution is -2.58. The lowest BCUT2D eigenvalue weighted by molar-refractivity contribution is -0.153. The number of ether oxygens (including phenoxy) is 1. The third-order valence-electron chi connectivity index (χ3n) is 7.38. The van der Waals surface area contributed by atoms with Crippen LogP contribution in [0, 0.1) is 11.8 Å². The standard InChI is InChI=1S/C23H27N5O6/c1-3-10-26(12-27-15-7-5-4-6-14(15)24-25-27)21(31)19-23-9-8-16(34-23)17(22(32)33)18(23)20(30)28(19)13(2)11-29/h3-7,13,16-19,29H,1,8-12H2,2H3,(H,32,33)/t13-,16+,17-,18-,19+,23-/m1/s1. The number of carbonyl (C=O) groups excluding carboxylic acids is 2. The van der Waals surface area contributed by atoms with Crippen LogP contribution in [0.5, 0.6) is 0 Å². The zero-order valence-electron chi connectivity index (χ0n) is 18.8. The lowest BCUT2D eigenvalue weighted by atomic mass is 9.70. The number of amides is 2. The first-order valence-electron chi connectivity index (χ1n) is 11.4. The van der Waals surface area contributed by atoms with Crippen molar-refractivity contribution in [3.63, 3.8) is 0 Å². The zero-order valence-corrected chi connectivity index (χ0v) is 18.8. The van der Waals surface area contributed by atoms with E-state index in [1.54, 1.807) is 17.7 Å². The summed E-state index contributed by atoms with van der Waals surface area (Å²) in [5, 5.41) is 28.0. The molecule has 3 fully saturated rings. The fraction of sp³-hybridized carbons (Fsp3) is 0.522. The minimum absolute atomic E-state index is 0.0595.